The maximum absolute atomic E-state index is 13.7. The van der Waals surface area contributed by atoms with Crippen molar-refractivity contribution in [3.8, 4) is 0 Å². The van der Waals surface area contributed by atoms with Crippen LogP contribution in [0.2, 0.25) is 0 Å². The third-order valence-corrected chi connectivity index (χ3v) is 13.0. The summed E-state index contributed by atoms with van der Waals surface area (Å²) < 4.78 is 25.2. The zero-order chi connectivity index (χ0) is 30.2. The van der Waals surface area contributed by atoms with E-state index in [4.69, 9.17) is 18.9 Å². The highest BCUT2D eigenvalue weighted by Crippen LogP contribution is 2.69. The molecule has 1 saturated heterocycles. The minimum atomic E-state index is -0.207. The van der Waals surface area contributed by atoms with Crippen LogP contribution in [-0.4, -0.2) is 50.6 Å². The summed E-state index contributed by atoms with van der Waals surface area (Å²) in [6.07, 6.45) is 11.5. The summed E-state index contributed by atoms with van der Waals surface area (Å²) in [6, 6.07) is 9.50. The fourth-order valence-electron chi connectivity index (χ4n) is 10.7. The van der Waals surface area contributed by atoms with Crippen LogP contribution in [0.4, 0.5) is 0 Å². The van der Waals surface area contributed by atoms with Gasteiger partial charge in [-0.05, 0) is 117 Å². The molecule has 0 N–H and O–H groups in total. The van der Waals surface area contributed by atoms with Gasteiger partial charge in [0, 0.05) is 38.6 Å². The van der Waals surface area contributed by atoms with Crippen LogP contribution in [-0.2, 0) is 23.7 Å². The highest BCUT2D eigenvalue weighted by molar-refractivity contribution is 5.89. The summed E-state index contributed by atoms with van der Waals surface area (Å²) in [5.74, 6) is 2.61. The monoisotopic (exact) mass is 594 g/mol. The molecule has 11 atom stereocenters. The molecule has 6 nitrogen and oxygen atoms in total. The maximum atomic E-state index is 13.7. The first-order valence-electron chi connectivity index (χ1n) is 17.3. The first kappa shape index (κ1) is 31.2. The van der Waals surface area contributed by atoms with Crippen LogP contribution in [0, 0.1) is 46.3 Å². The fourth-order valence-corrected chi connectivity index (χ4v) is 10.7. The largest absolute Gasteiger partial charge is 0.458 e. The summed E-state index contributed by atoms with van der Waals surface area (Å²) in [7, 11) is 1.78. The number of carbonyl (C=O) groups is 2. The summed E-state index contributed by atoms with van der Waals surface area (Å²) in [4.78, 5) is 26.5. The normalized spacial score (nSPS) is 41.5. The van der Waals surface area contributed by atoms with Crippen molar-refractivity contribution in [2.75, 3.05) is 20.3 Å². The molecule has 0 spiro atoms. The predicted molar refractivity (Wildman–Crippen MR) is 165 cm³/mol. The summed E-state index contributed by atoms with van der Waals surface area (Å²) >= 11 is 0. The topological polar surface area (TPSA) is 71.1 Å². The van der Waals surface area contributed by atoms with Gasteiger partial charge in [0.1, 0.15) is 11.9 Å². The number of rotatable bonds is 9. The first-order chi connectivity index (χ1) is 20.8. The molecule has 1 aromatic carbocycles. The molecule has 0 radical (unpaired) electrons. The van der Waals surface area contributed by atoms with Crippen molar-refractivity contribution in [2.24, 2.45) is 46.3 Å². The lowest BCUT2D eigenvalue weighted by Gasteiger charge is -2.64. The van der Waals surface area contributed by atoms with E-state index in [0.717, 1.165) is 77.4 Å². The lowest BCUT2D eigenvalue weighted by Crippen LogP contribution is -2.63. The Morgan fingerprint density at radius 1 is 1.07 bits per heavy atom. The average Bonchev–Trinajstić information content (AvgIpc) is 3.37. The molecule has 0 amide bonds. The SMILES string of the molecule is COCCCC(C)C1CCC2C3C(C[C@H](OC(=O)c4ccccc4)[C@]12C)[C@@]1(C)CCC(=O)C[C@H]1C[C@H]3OC1CCCCO1. The van der Waals surface area contributed by atoms with E-state index in [1.54, 1.807) is 7.11 Å². The number of esters is 1. The highest BCUT2D eigenvalue weighted by atomic mass is 16.7. The number of methoxy groups -OCH3 is 1. The standard InChI is InChI=1S/C37H54O6/c1-24(11-10-19-40-4)28-15-16-29-34-30(23-32(37(28,29)3)43-35(39)25-12-6-5-7-13-25)36(2)18-17-27(38)21-26(36)22-31(34)42-33-14-8-9-20-41-33/h5-7,12-13,24,26,28-34H,8-11,14-23H2,1-4H3/t24?,26-,28?,29?,30?,31+,32-,33?,34?,36-,37+/m0/s1. The Balaban J connectivity index is 1.37. The van der Waals surface area contributed by atoms with Gasteiger partial charge in [0.15, 0.2) is 6.29 Å². The fraction of sp³-hybridized carbons (Fsp3) is 0.784. The quantitative estimate of drug-likeness (QED) is 0.166. The van der Waals surface area contributed by atoms with Gasteiger partial charge in [-0.3, -0.25) is 4.79 Å². The van der Waals surface area contributed by atoms with Crippen LogP contribution in [0.5, 0.6) is 0 Å². The molecule has 43 heavy (non-hydrogen) atoms. The van der Waals surface area contributed by atoms with E-state index in [-0.39, 0.29) is 35.3 Å². The number of hydrogen-bond donors (Lipinski definition) is 0. The molecule has 1 aromatic rings. The lowest BCUT2D eigenvalue weighted by atomic mass is 9.43. The zero-order valence-corrected chi connectivity index (χ0v) is 26.9. The third kappa shape index (κ3) is 5.86. The van der Waals surface area contributed by atoms with Crippen LogP contribution in [0.1, 0.15) is 108 Å². The van der Waals surface area contributed by atoms with E-state index in [1.165, 1.54) is 0 Å². The maximum Gasteiger partial charge on any atom is 0.338 e. The number of Topliss-reactive ketones (excluding diaryl/α,β-unsaturated/α-hetero) is 1. The number of fused-ring (bicyclic) bond motifs is 5. The third-order valence-electron chi connectivity index (χ3n) is 13.0. The van der Waals surface area contributed by atoms with Crippen molar-refractivity contribution in [3.05, 3.63) is 35.9 Å². The van der Waals surface area contributed by atoms with Gasteiger partial charge >= 0.3 is 5.97 Å². The molecule has 6 heteroatoms. The van der Waals surface area contributed by atoms with Gasteiger partial charge in [0.05, 0.1) is 11.7 Å². The molecule has 6 rings (SSSR count). The van der Waals surface area contributed by atoms with Gasteiger partial charge in [-0.1, -0.05) is 39.0 Å². The van der Waals surface area contributed by atoms with Gasteiger partial charge in [-0.15, -0.1) is 0 Å². The van der Waals surface area contributed by atoms with E-state index in [9.17, 15) is 9.59 Å². The molecule has 5 aliphatic rings. The second-order valence-electron chi connectivity index (χ2n) is 15.1. The smallest absolute Gasteiger partial charge is 0.338 e. The molecule has 6 unspecified atom stereocenters. The minimum absolute atomic E-state index is 0.0484. The van der Waals surface area contributed by atoms with Crippen LogP contribution in [0.3, 0.4) is 0 Å². The second kappa shape index (κ2) is 12.9. The molecule has 5 fully saturated rings. The van der Waals surface area contributed by atoms with Crippen LogP contribution in [0.15, 0.2) is 30.3 Å². The van der Waals surface area contributed by atoms with Crippen molar-refractivity contribution >= 4 is 11.8 Å². The lowest BCUT2D eigenvalue weighted by molar-refractivity contribution is -0.258. The van der Waals surface area contributed by atoms with Crippen LogP contribution >= 0.6 is 0 Å². The van der Waals surface area contributed by atoms with E-state index >= 15 is 0 Å². The Bertz CT molecular complexity index is 1120. The Morgan fingerprint density at radius 2 is 1.88 bits per heavy atom. The highest BCUT2D eigenvalue weighted by Gasteiger charge is 2.67. The Hall–Kier alpha value is -1.76. The van der Waals surface area contributed by atoms with Crippen LogP contribution in [0.25, 0.3) is 0 Å². The molecule has 238 valence electrons. The number of ether oxygens (including phenoxy) is 4. The van der Waals surface area contributed by atoms with Crippen molar-refractivity contribution < 1.29 is 28.5 Å². The summed E-state index contributed by atoms with van der Waals surface area (Å²) in [5, 5.41) is 0. The molecular weight excluding hydrogens is 540 g/mol. The molecule has 4 aliphatic carbocycles. The average molecular weight is 595 g/mol. The van der Waals surface area contributed by atoms with Gasteiger partial charge in [0.2, 0.25) is 0 Å². The first-order valence-corrected chi connectivity index (χ1v) is 17.3. The van der Waals surface area contributed by atoms with E-state index in [0.29, 0.717) is 59.7 Å². The Morgan fingerprint density at radius 3 is 2.63 bits per heavy atom. The predicted octanol–water partition coefficient (Wildman–Crippen LogP) is 7.63. The second-order valence-corrected chi connectivity index (χ2v) is 15.1. The van der Waals surface area contributed by atoms with E-state index in [1.807, 2.05) is 30.3 Å². The Labute approximate surface area is 258 Å². The summed E-state index contributed by atoms with van der Waals surface area (Å²) in [5.41, 5.74) is 0.534. The zero-order valence-electron chi connectivity index (χ0n) is 26.9. The van der Waals surface area contributed by atoms with Gasteiger partial charge in [0.25, 0.3) is 0 Å². The number of hydrogen-bond acceptors (Lipinski definition) is 6. The van der Waals surface area contributed by atoms with Crippen molar-refractivity contribution in [3.63, 3.8) is 0 Å². The number of benzene rings is 1. The van der Waals surface area contributed by atoms with E-state index in [2.05, 4.69) is 20.8 Å². The number of ketones is 1. The minimum Gasteiger partial charge on any atom is -0.458 e. The molecule has 0 aromatic heterocycles. The molecule has 4 saturated carbocycles. The van der Waals surface area contributed by atoms with Crippen LogP contribution < -0.4 is 0 Å². The summed E-state index contributed by atoms with van der Waals surface area (Å²) in [6.45, 7) is 8.86. The molecule has 1 aliphatic heterocycles. The number of carbonyl (C=O) groups excluding carboxylic acids is 2. The van der Waals surface area contributed by atoms with Crippen molar-refractivity contribution in [1.82, 2.24) is 0 Å². The van der Waals surface area contributed by atoms with Gasteiger partial charge in [-0.2, -0.15) is 0 Å². The van der Waals surface area contributed by atoms with E-state index < -0.39 is 0 Å². The van der Waals surface area contributed by atoms with Gasteiger partial charge < -0.3 is 18.9 Å². The molecule has 0 bridgehead atoms. The molecule has 1 heterocycles. The van der Waals surface area contributed by atoms with Crippen molar-refractivity contribution in [2.45, 2.75) is 116 Å². The molecular formula is C37H54O6. The van der Waals surface area contributed by atoms with Gasteiger partial charge in [-0.25, -0.2) is 4.79 Å². The Kier molecular flexibility index (Phi) is 9.39. The van der Waals surface area contributed by atoms with Crippen molar-refractivity contribution in [1.29, 1.82) is 0 Å².